The molecule has 0 bridgehead atoms. The van der Waals surface area contributed by atoms with Crippen molar-refractivity contribution in [1.29, 1.82) is 0 Å². The van der Waals surface area contributed by atoms with Crippen molar-refractivity contribution in [3.63, 3.8) is 0 Å². The van der Waals surface area contributed by atoms with Gasteiger partial charge in [0.2, 0.25) is 0 Å². The molecule has 0 aliphatic rings. The van der Waals surface area contributed by atoms with Gasteiger partial charge in [-0.1, -0.05) is 42.5 Å². The Labute approximate surface area is 137 Å². The zero-order valence-electron chi connectivity index (χ0n) is 12.0. The van der Waals surface area contributed by atoms with Gasteiger partial charge >= 0.3 is 5.97 Å². The number of benzene rings is 2. The van der Waals surface area contributed by atoms with Gasteiger partial charge in [0.25, 0.3) is 5.91 Å². The number of thiophene rings is 1. The van der Waals surface area contributed by atoms with Gasteiger partial charge in [-0.3, -0.25) is 4.79 Å². The van der Waals surface area contributed by atoms with Crippen LogP contribution in [0.2, 0.25) is 0 Å². The highest BCUT2D eigenvalue weighted by Gasteiger charge is 2.14. The molecule has 1 heterocycles. The fraction of sp³-hybridized carbons (Fsp3) is 0. The Morgan fingerprint density at radius 3 is 2.17 bits per heavy atom. The fourth-order valence-corrected chi connectivity index (χ4v) is 2.90. The number of carbonyl (C=O) groups is 2. The van der Waals surface area contributed by atoms with Crippen LogP contribution in [0.15, 0.2) is 66.0 Å². The highest BCUT2D eigenvalue weighted by molar-refractivity contribution is 7.12. The third-order valence-corrected chi connectivity index (χ3v) is 4.26. The van der Waals surface area contributed by atoms with Crippen LogP contribution >= 0.6 is 11.3 Å². The number of hydrogen-bond acceptors (Lipinski definition) is 3. The van der Waals surface area contributed by atoms with E-state index in [1.54, 1.807) is 23.6 Å². The summed E-state index contributed by atoms with van der Waals surface area (Å²) in [5, 5.41) is 13.3. The van der Waals surface area contributed by atoms with Gasteiger partial charge in [-0.05, 0) is 34.7 Å². The van der Waals surface area contributed by atoms with Crippen LogP contribution in [-0.2, 0) is 0 Å². The maximum Gasteiger partial charge on any atom is 0.348 e. The van der Waals surface area contributed by atoms with Crippen LogP contribution in [0.25, 0.3) is 11.1 Å². The van der Waals surface area contributed by atoms with E-state index < -0.39 is 5.97 Å². The first-order valence-corrected chi connectivity index (χ1v) is 7.81. The van der Waals surface area contributed by atoms with Crippen molar-refractivity contribution in [3.05, 3.63) is 76.5 Å². The third-order valence-electron chi connectivity index (χ3n) is 3.36. The standard InChI is InChI=1S/C18H13NO3S/c20-17(19-15-10-11-23-16(15)18(21)22)14-8-6-13(7-9-14)12-4-2-1-3-5-12/h1-11H,(H,19,20)(H,21,22). The summed E-state index contributed by atoms with van der Waals surface area (Å²) in [5.41, 5.74) is 2.89. The van der Waals surface area contributed by atoms with Crippen LogP contribution in [-0.4, -0.2) is 17.0 Å². The largest absolute Gasteiger partial charge is 0.477 e. The number of amides is 1. The lowest BCUT2D eigenvalue weighted by molar-refractivity contribution is 0.0703. The number of nitrogens with one attached hydrogen (secondary N) is 1. The van der Waals surface area contributed by atoms with Crippen LogP contribution < -0.4 is 5.32 Å². The van der Waals surface area contributed by atoms with Crippen molar-refractivity contribution in [3.8, 4) is 11.1 Å². The predicted octanol–water partition coefficient (Wildman–Crippen LogP) is 4.37. The summed E-state index contributed by atoms with van der Waals surface area (Å²) in [6.45, 7) is 0. The number of carbonyl (C=O) groups excluding carboxylic acids is 1. The fourth-order valence-electron chi connectivity index (χ4n) is 2.21. The summed E-state index contributed by atoms with van der Waals surface area (Å²) in [7, 11) is 0. The number of rotatable bonds is 4. The van der Waals surface area contributed by atoms with Gasteiger partial charge in [-0.25, -0.2) is 4.79 Å². The van der Waals surface area contributed by atoms with Crippen molar-refractivity contribution < 1.29 is 14.7 Å². The van der Waals surface area contributed by atoms with Crippen LogP contribution in [0, 0.1) is 0 Å². The molecular weight excluding hydrogens is 310 g/mol. The molecule has 5 heteroatoms. The first-order valence-electron chi connectivity index (χ1n) is 6.93. The van der Waals surface area contributed by atoms with Crippen LogP contribution in [0.1, 0.15) is 20.0 Å². The summed E-state index contributed by atoms with van der Waals surface area (Å²) in [6, 6.07) is 18.6. The minimum atomic E-state index is -1.05. The molecule has 3 rings (SSSR count). The Hall–Kier alpha value is -2.92. The zero-order valence-corrected chi connectivity index (χ0v) is 12.8. The van der Waals surface area contributed by atoms with Gasteiger partial charge < -0.3 is 10.4 Å². The van der Waals surface area contributed by atoms with Crippen molar-refractivity contribution in [1.82, 2.24) is 0 Å². The molecule has 0 spiro atoms. The molecule has 2 N–H and O–H groups in total. The highest BCUT2D eigenvalue weighted by atomic mass is 32.1. The van der Waals surface area contributed by atoms with E-state index in [2.05, 4.69) is 5.32 Å². The Balaban J connectivity index is 1.78. The second kappa shape index (κ2) is 6.46. The molecule has 0 saturated carbocycles. The van der Waals surface area contributed by atoms with Crippen molar-refractivity contribution in [2.45, 2.75) is 0 Å². The summed E-state index contributed by atoms with van der Waals surface area (Å²) < 4.78 is 0. The summed E-state index contributed by atoms with van der Waals surface area (Å²) in [5.74, 6) is -1.37. The van der Waals surface area contributed by atoms with Crippen LogP contribution in [0.3, 0.4) is 0 Å². The molecule has 3 aromatic rings. The molecule has 0 aliphatic heterocycles. The minimum absolute atomic E-state index is 0.124. The first-order chi connectivity index (χ1) is 11.1. The molecule has 0 saturated heterocycles. The molecule has 23 heavy (non-hydrogen) atoms. The highest BCUT2D eigenvalue weighted by Crippen LogP contribution is 2.23. The molecule has 0 fully saturated rings. The number of carboxylic acid groups (broad SMARTS) is 1. The van der Waals surface area contributed by atoms with Gasteiger partial charge in [-0.15, -0.1) is 11.3 Å². The lowest BCUT2D eigenvalue weighted by Gasteiger charge is -2.06. The lowest BCUT2D eigenvalue weighted by Crippen LogP contribution is -2.13. The van der Waals surface area contributed by atoms with Crippen molar-refractivity contribution in [2.24, 2.45) is 0 Å². The molecule has 0 aliphatic carbocycles. The normalized spacial score (nSPS) is 10.3. The molecule has 1 amide bonds. The molecule has 0 radical (unpaired) electrons. The average Bonchev–Trinajstić information content (AvgIpc) is 3.04. The number of aromatic carboxylic acids is 1. The summed E-state index contributed by atoms with van der Waals surface area (Å²) in [6.07, 6.45) is 0. The molecule has 0 atom stereocenters. The molecule has 1 aromatic heterocycles. The predicted molar refractivity (Wildman–Crippen MR) is 91.1 cm³/mol. The number of anilines is 1. The SMILES string of the molecule is O=C(Nc1ccsc1C(=O)O)c1ccc(-c2ccccc2)cc1. The second-order valence-corrected chi connectivity index (χ2v) is 5.78. The van der Waals surface area contributed by atoms with E-state index in [-0.39, 0.29) is 10.8 Å². The quantitative estimate of drug-likeness (QED) is 0.749. The molecule has 0 unspecified atom stereocenters. The maximum atomic E-state index is 12.2. The van der Waals surface area contributed by atoms with Crippen molar-refractivity contribution >= 4 is 28.9 Å². The van der Waals surface area contributed by atoms with Gasteiger partial charge in [0.05, 0.1) is 5.69 Å². The van der Waals surface area contributed by atoms with Gasteiger partial charge in [0.1, 0.15) is 4.88 Å². The number of carboxylic acids is 1. The first kappa shape index (κ1) is 15.0. The van der Waals surface area contributed by atoms with E-state index in [0.717, 1.165) is 22.5 Å². The minimum Gasteiger partial charge on any atom is -0.477 e. The smallest absolute Gasteiger partial charge is 0.348 e. The second-order valence-electron chi connectivity index (χ2n) is 4.87. The number of hydrogen-bond donors (Lipinski definition) is 2. The third kappa shape index (κ3) is 3.30. The summed E-state index contributed by atoms with van der Waals surface area (Å²) >= 11 is 1.08. The van der Waals surface area contributed by atoms with E-state index in [0.29, 0.717) is 11.3 Å². The Kier molecular flexibility index (Phi) is 4.21. The lowest BCUT2D eigenvalue weighted by atomic mass is 10.0. The Morgan fingerprint density at radius 2 is 1.52 bits per heavy atom. The van der Waals surface area contributed by atoms with E-state index in [1.807, 2.05) is 42.5 Å². The van der Waals surface area contributed by atoms with Crippen molar-refractivity contribution in [2.75, 3.05) is 5.32 Å². The molecule has 4 nitrogen and oxygen atoms in total. The van der Waals surface area contributed by atoms with E-state index >= 15 is 0 Å². The van der Waals surface area contributed by atoms with Gasteiger partial charge in [-0.2, -0.15) is 0 Å². The molecule has 2 aromatic carbocycles. The van der Waals surface area contributed by atoms with Gasteiger partial charge in [0, 0.05) is 5.56 Å². The van der Waals surface area contributed by atoms with E-state index in [1.165, 1.54) is 0 Å². The molecule has 114 valence electrons. The van der Waals surface area contributed by atoms with Crippen LogP contribution in [0.4, 0.5) is 5.69 Å². The maximum absolute atomic E-state index is 12.2. The zero-order chi connectivity index (χ0) is 16.2. The van der Waals surface area contributed by atoms with Crippen LogP contribution in [0.5, 0.6) is 0 Å². The Morgan fingerprint density at radius 1 is 0.870 bits per heavy atom. The topological polar surface area (TPSA) is 66.4 Å². The Bertz CT molecular complexity index is 838. The van der Waals surface area contributed by atoms with Gasteiger partial charge in [0.15, 0.2) is 0 Å². The average molecular weight is 323 g/mol. The summed E-state index contributed by atoms with van der Waals surface area (Å²) in [4.78, 5) is 23.4. The monoisotopic (exact) mass is 323 g/mol. The van der Waals surface area contributed by atoms with E-state index in [9.17, 15) is 9.59 Å². The van der Waals surface area contributed by atoms with E-state index in [4.69, 9.17) is 5.11 Å². The molecular formula is C18H13NO3S.